The van der Waals surface area contributed by atoms with Crippen molar-refractivity contribution in [3.63, 3.8) is 0 Å². The molecule has 0 fully saturated rings. The first-order chi connectivity index (χ1) is 12.5. The zero-order chi connectivity index (χ0) is 18.5. The van der Waals surface area contributed by atoms with Crippen LogP contribution in [-0.2, 0) is 0 Å². The maximum absolute atomic E-state index is 5.48. The molecule has 0 saturated heterocycles. The van der Waals surface area contributed by atoms with Gasteiger partial charge in [0.15, 0.2) is 11.5 Å². The lowest BCUT2D eigenvalue weighted by molar-refractivity contribution is 0.174. The normalized spacial score (nSPS) is 13.8. The molecule has 1 aliphatic rings. The van der Waals surface area contributed by atoms with Crippen molar-refractivity contribution in [2.45, 2.75) is 13.8 Å². The smallest absolute Gasteiger partial charge is 0.231 e. The number of rotatable bonds is 5. The largest absolute Gasteiger partial charge is 0.454 e. The van der Waals surface area contributed by atoms with E-state index in [1.54, 1.807) is 0 Å². The van der Waals surface area contributed by atoms with Gasteiger partial charge in [0.05, 0.1) is 5.71 Å². The van der Waals surface area contributed by atoms with Gasteiger partial charge in [0.2, 0.25) is 12.8 Å². The summed E-state index contributed by atoms with van der Waals surface area (Å²) in [6.07, 6.45) is 2.05. The van der Waals surface area contributed by atoms with Crippen molar-refractivity contribution in [2.24, 2.45) is 27.6 Å². The summed E-state index contributed by atoms with van der Waals surface area (Å²) in [6, 6.07) is 15.8. The zero-order valence-electron chi connectivity index (χ0n) is 14.8. The first-order valence-electron chi connectivity index (χ1n) is 8.38. The third-order valence-corrected chi connectivity index (χ3v) is 3.89. The second-order valence-electron chi connectivity index (χ2n) is 6.20. The zero-order valence-corrected chi connectivity index (χ0v) is 14.8. The molecule has 0 aromatic heterocycles. The number of nitrogens with zero attached hydrogens (tertiary/aromatic N) is 2. The molecule has 0 spiro atoms. The maximum atomic E-state index is 5.48. The van der Waals surface area contributed by atoms with Crippen LogP contribution in [0.3, 0.4) is 0 Å². The van der Waals surface area contributed by atoms with Crippen LogP contribution < -0.4 is 20.9 Å². The summed E-state index contributed by atoms with van der Waals surface area (Å²) in [5.41, 5.74) is 14.7. The Morgan fingerprint density at radius 3 is 2.42 bits per heavy atom. The Labute approximate surface area is 152 Å². The Bertz CT molecular complexity index is 867. The number of ether oxygens (including phenoxy) is 2. The van der Waals surface area contributed by atoms with E-state index in [0.29, 0.717) is 0 Å². The van der Waals surface area contributed by atoms with Gasteiger partial charge in [-0.15, -0.1) is 5.10 Å². The molecule has 0 bridgehead atoms. The van der Waals surface area contributed by atoms with Gasteiger partial charge >= 0.3 is 0 Å². The highest BCUT2D eigenvalue weighted by Crippen LogP contribution is 2.34. The van der Waals surface area contributed by atoms with Gasteiger partial charge in [0.1, 0.15) is 0 Å². The third-order valence-electron chi connectivity index (χ3n) is 3.89. The van der Waals surface area contributed by atoms with Crippen molar-refractivity contribution in [1.29, 1.82) is 0 Å². The molecule has 0 atom stereocenters. The van der Waals surface area contributed by atoms with Crippen molar-refractivity contribution in [1.82, 2.24) is 0 Å². The first-order valence-corrected chi connectivity index (χ1v) is 8.38. The fraction of sp³-hybridized carbons (Fsp3) is 0.200. The van der Waals surface area contributed by atoms with Crippen LogP contribution in [0.5, 0.6) is 11.5 Å². The Balaban J connectivity index is 2.11. The summed E-state index contributed by atoms with van der Waals surface area (Å²) in [4.78, 5) is 0. The van der Waals surface area contributed by atoms with Gasteiger partial charge in [-0.3, -0.25) is 0 Å². The van der Waals surface area contributed by atoms with Gasteiger partial charge in [-0.2, -0.15) is 5.10 Å². The number of benzene rings is 2. The summed E-state index contributed by atoms with van der Waals surface area (Å²) in [5, 5.41) is 8.17. The van der Waals surface area contributed by atoms with E-state index in [1.165, 1.54) is 0 Å². The minimum atomic E-state index is -0.0707. The van der Waals surface area contributed by atoms with Gasteiger partial charge in [0.25, 0.3) is 0 Å². The average Bonchev–Trinajstić information content (AvgIpc) is 3.09. The number of guanidine groups is 1. The quantitative estimate of drug-likeness (QED) is 0.374. The molecule has 4 N–H and O–H groups in total. The number of fused-ring (bicyclic) bond motifs is 1. The van der Waals surface area contributed by atoms with E-state index in [4.69, 9.17) is 20.9 Å². The van der Waals surface area contributed by atoms with E-state index >= 15 is 0 Å². The molecule has 2 aromatic rings. The lowest BCUT2D eigenvalue weighted by Gasteiger charge is -2.14. The highest BCUT2D eigenvalue weighted by Gasteiger charge is 2.16. The number of hydrogen-bond donors (Lipinski definition) is 2. The Morgan fingerprint density at radius 2 is 1.73 bits per heavy atom. The fourth-order valence-electron chi connectivity index (χ4n) is 2.68. The molecule has 3 rings (SSSR count). The van der Waals surface area contributed by atoms with E-state index in [9.17, 15) is 0 Å². The Morgan fingerprint density at radius 1 is 1.00 bits per heavy atom. The van der Waals surface area contributed by atoms with Crippen molar-refractivity contribution in [3.05, 3.63) is 59.7 Å². The lowest BCUT2D eigenvalue weighted by atomic mass is 9.92. The molecule has 0 aliphatic carbocycles. The van der Waals surface area contributed by atoms with E-state index < -0.39 is 0 Å². The van der Waals surface area contributed by atoms with E-state index in [-0.39, 0.29) is 18.7 Å². The maximum Gasteiger partial charge on any atom is 0.231 e. The van der Waals surface area contributed by atoms with Crippen LogP contribution in [0.2, 0.25) is 0 Å². The van der Waals surface area contributed by atoms with Crippen molar-refractivity contribution < 1.29 is 9.47 Å². The van der Waals surface area contributed by atoms with Crippen LogP contribution >= 0.6 is 0 Å². The molecular formula is C20H22N4O2. The summed E-state index contributed by atoms with van der Waals surface area (Å²) in [5.74, 6) is 1.54. The topological polar surface area (TPSA) is 95.2 Å². The van der Waals surface area contributed by atoms with Crippen LogP contribution in [0.25, 0.3) is 11.6 Å². The number of allylic oxidation sites excluding steroid dienone is 1. The SMILES string of the molecule is CC(C)C(=N\N=C(N)N)/C(=C\c1ccc2c(c1)OCO2)c1ccccc1. The van der Waals surface area contributed by atoms with Gasteiger partial charge in [-0.25, -0.2) is 0 Å². The van der Waals surface area contributed by atoms with E-state index in [0.717, 1.165) is 33.9 Å². The predicted molar refractivity (Wildman–Crippen MR) is 105 cm³/mol. The van der Waals surface area contributed by atoms with E-state index in [2.05, 4.69) is 30.1 Å². The minimum absolute atomic E-state index is 0.0707. The second-order valence-corrected chi connectivity index (χ2v) is 6.20. The molecule has 1 aliphatic heterocycles. The average molecular weight is 350 g/mol. The molecule has 6 nitrogen and oxygen atoms in total. The molecule has 0 radical (unpaired) electrons. The minimum Gasteiger partial charge on any atom is -0.454 e. The van der Waals surface area contributed by atoms with Crippen LogP contribution in [0, 0.1) is 5.92 Å². The van der Waals surface area contributed by atoms with Crippen LogP contribution in [-0.4, -0.2) is 18.5 Å². The van der Waals surface area contributed by atoms with Gasteiger partial charge in [0, 0.05) is 5.57 Å². The van der Waals surface area contributed by atoms with Gasteiger partial charge < -0.3 is 20.9 Å². The summed E-state index contributed by atoms with van der Waals surface area (Å²) < 4.78 is 10.9. The molecule has 0 saturated carbocycles. The Kier molecular flexibility index (Phi) is 5.22. The molecule has 2 aromatic carbocycles. The first kappa shape index (κ1) is 17.5. The van der Waals surface area contributed by atoms with Crippen molar-refractivity contribution >= 4 is 23.3 Å². The Hall–Kier alpha value is -3.28. The van der Waals surface area contributed by atoms with Gasteiger partial charge in [-0.1, -0.05) is 50.2 Å². The molecular weight excluding hydrogens is 328 g/mol. The molecule has 134 valence electrons. The lowest BCUT2D eigenvalue weighted by Crippen LogP contribution is -2.22. The highest BCUT2D eigenvalue weighted by molar-refractivity contribution is 6.28. The standard InChI is InChI=1S/C20H22N4O2/c1-13(2)19(23-24-20(21)22)16(15-6-4-3-5-7-15)10-14-8-9-17-18(11-14)26-12-25-17/h3-11,13H,12H2,1-2H3,(H4,21,22,24)/b16-10-,23-19+. The third kappa shape index (κ3) is 4.03. The highest BCUT2D eigenvalue weighted by atomic mass is 16.7. The van der Waals surface area contributed by atoms with Crippen LogP contribution in [0.15, 0.2) is 58.7 Å². The number of hydrogen-bond acceptors (Lipinski definition) is 4. The molecule has 1 heterocycles. The van der Waals surface area contributed by atoms with Gasteiger partial charge in [-0.05, 0) is 35.3 Å². The fourth-order valence-corrected chi connectivity index (χ4v) is 2.68. The monoisotopic (exact) mass is 350 g/mol. The predicted octanol–water partition coefficient (Wildman–Crippen LogP) is 3.24. The van der Waals surface area contributed by atoms with E-state index in [1.807, 2.05) is 48.5 Å². The number of nitrogens with two attached hydrogens (primary N) is 2. The van der Waals surface area contributed by atoms with Crippen LogP contribution in [0.4, 0.5) is 0 Å². The molecule has 0 amide bonds. The molecule has 26 heavy (non-hydrogen) atoms. The molecule has 6 heteroatoms. The molecule has 0 unspecified atom stereocenters. The summed E-state index contributed by atoms with van der Waals surface area (Å²) in [7, 11) is 0. The second kappa shape index (κ2) is 7.74. The van der Waals surface area contributed by atoms with Crippen molar-refractivity contribution in [2.75, 3.05) is 6.79 Å². The summed E-state index contributed by atoms with van der Waals surface area (Å²) in [6.45, 7) is 4.35. The summed E-state index contributed by atoms with van der Waals surface area (Å²) >= 11 is 0. The van der Waals surface area contributed by atoms with Crippen LogP contribution in [0.1, 0.15) is 25.0 Å². The van der Waals surface area contributed by atoms with Crippen molar-refractivity contribution in [3.8, 4) is 11.5 Å².